The Morgan fingerprint density at radius 1 is 1.64 bits per heavy atom. The van der Waals surface area contributed by atoms with E-state index in [1.807, 2.05) is 0 Å². The Labute approximate surface area is 68.4 Å². The Kier molecular flexibility index (Phi) is 2.52. The van der Waals surface area contributed by atoms with Crippen LogP contribution in [0.1, 0.15) is 13.8 Å². The fourth-order valence-corrected chi connectivity index (χ4v) is 1.49. The number of rotatable bonds is 1. The molecular formula is C8H18N2O. The first-order valence-electron chi connectivity index (χ1n) is 4.12. The molecule has 2 N–H and O–H groups in total. The van der Waals surface area contributed by atoms with Crippen molar-refractivity contribution in [1.82, 2.24) is 10.2 Å². The average Bonchev–Trinajstić information content (AvgIpc) is 1.95. The molecule has 1 atom stereocenters. The van der Waals surface area contributed by atoms with Crippen LogP contribution in [0.2, 0.25) is 0 Å². The summed E-state index contributed by atoms with van der Waals surface area (Å²) < 4.78 is 0. The number of piperazine rings is 1. The van der Waals surface area contributed by atoms with Crippen LogP contribution in [-0.2, 0) is 0 Å². The third-order valence-electron chi connectivity index (χ3n) is 2.65. The zero-order chi connectivity index (χ0) is 8.48. The molecule has 1 aliphatic rings. The molecule has 1 fully saturated rings. The average molecular weight is 158 g/mol. The molecule has 0 aliphatic carbocycles. The highest BCUT2D eigenvalue weighted by molar-refractivity contribution is 4.91. The van der Waals surface area contributed by atoms with E-state index in [1.54, 1.807) is 0 Å². The van der Waals surface area contributed by atoms with Gasteiger partial charge in [-0.3, -0.25) is 4.90 Å². The van der Waals surface area contributed by atoms with Crippen LogP contribution in [0.25, 0.3) is 0 Å². The third-order valence-corrected chi connectivity index (χ3v) is 2.65. The molecule has 1 aliphatic heterocycles. The molecule has 1 heterocycles. The van der Waals surface area contributed by atoms with Crippen molar-refractivity contribution in [1.29, 1.82) is 0 Å². The Balaban J connectivity index is 2.60. The summed E-state index contributed by atoms with van der Waals surface area (Å²) in [6, 6.07) is 0.277. The number of nitrogens with zero attached hydrogens (tertiary/aromatic N) is 1. The summed E-state index contributed by atoms with van der Waals surface area (Å²) in [6.07, 6.45) is 0. The first-order chi connectivity index (χ1) is 5.08. The van der Waals surface area contributed by atoms with Gasteiger partial charge in [0.25, 0.3) is 0 Å². The lowest BCUT2D eigenvalue weighted by Crippen LogP contribution is -2.62. The Morgan fingerprint density at radius 3 is 2.73 bits per heavy atom. The van der Waals surface area contributed by atoms with Crippen molar-refractivity contribution >= 4 is 0 Å². The van der Waals surface area contributed by atoms with E-state index >= 15 is 0 Å². The predicted molar refractivity (Wildman–Crippen MR) is 45.6 cm³/mol. The van der Waals surface area contributed by atoms with Crippen molar-refractivity contribution in [3.8, 4) is 0 Å². The van der Waals surface area contributed by atoms with Gasteiger partial charge in [0.1, 0.15) is 0 Å². The van der Waals surface area contributed by atoms with Crippen molar-refractivity contribution < 1.29 is 5.11 Å². The van der Waals surface area contributed by atoms with Crippen LogP contribution >= 0.6 is 0 Å². The van der Waals surface area contributed by atoms with E-state index in [1.165, 1.54) is 0 Å². The SMILES string of the molecule is CN1C(CO)CNCC1(C)C. The van der Waals surface area contributed by atoms with E-state index in [2.05, 4.69) is 31.1 Å². The Morgan fingerprint density at radius 2 is 2.27 bits per heavy atom. The highest BCUT2D eigenvalue weighted by atomic mass is 16.3. The fourth-order valence-electron chi connectivity index (χ4n) is 1.49. The number of aliphatic hydroxyl groups excluding tert-OH is 1. The molecule has 0 spiro atoms. The normalized spacial score (nSPS) is 32.2. The zero-order valence-electron chi connectivity index (χ0n) is 7.59. The van der Waals surface area contributed by atoms with Crippen molar-refractivity contribution in [2.24, 2.45) is 0 Å². The van der Waals surface area contributed by atoms with Crippen LogP contribution in [0, 0.1) is 0 Å². The van der Waals surface area contributed by atoms with Gasteiger partial charge in [-0.05, 0) is 20.9 Å². The second-order valence-electron chi connectivity index (χ2n) is 3.89. The molecule has 0 saturated carbocycles. The molecule has 0 aromatic heterocycles. The third kappa shape index (κ3) is 1.72. The minimum absolute atomic E-state index is 0.172. The van der Waals surface area contributed by atoms with Crippen LogP contribution in [-0.4, -0.2) is 48.3 Å². The molecule has 0 amide bonds. The highest BCUT2D eigenvalue weighted by Gasteiger charge is 2.32. The molecular weight excluding hydrogens is 140 g/mol. The molecule has 3 nitrogen and oxygen atoms in total. The number of hydrogen-bond donors (Lipinski definition) is 2. The molecule has 0 aromatic rings. The van der Waals surface area contributed by atoms with Gasteiger partial charge in [-0.25, -0.2) is 0 Å². The molecule has 1 rings (SSSR count). The number of aliphatic hydroxyl groups is 1. The van der Waals surface area contributed by atoms with Crippen LogP contribution in [0.4, 0.5) is 0 Å². The Hall–Kier alpha value is -0.120. The van der Waals surface area contributed by atoms with Crippen molar-refractivity contribution in [2.45, 2.75) is 25.4 Å². The van der Waals surface area contributed by atoms with Gasteiger partial charge in [-0.15, -0.1) is 0 Å². The van der Waals surface area contributed by atoms with Crippen LogP contribution in [0.15, 0.2) is 0 Å². The van der Waals surface area contributed by atoms with Crippen molar-refractivity contribution in [2.75, 3.05) is 26.7 Å². The second kappa shape index (κ2) is 3.09. The van der Waals surface area contributed by atoms with E-state index in [0.29, 0.717) is 0 Å². The van der Waals surface area contributed by atoms with Gasteiger partial charge in [-0.1, -0.05) is 0 Å². The van der Waals surface area contributed by atoms with E-state index in [0.717, 1.165) is 13.1 Å². The van der Waals surface area contributed by atoms with Crippen LogP contribution in [0.3, 0.4) is 0 Å². The molecule has 1 unspecified atom stereocenters. The van der Waals surface area contributed by atoms with Crippen LogP contribution < -0.4 is 5.32 Å². The molecule has 0 radical (unpaired) electrons. The van der Waals surface area contributed by atoms with Crippen molar-refractivity contribution in [3.63, 3.8) is 0 Å². The first kappa shape index (κ1) is 8.97. The number of likely N-dealkylation sites (N-methyl/N-ethyl adjacent to an activating group) is 1. The highest BCUT2D eigenvalue weighted by Crippen LogP contribution is 2.17. The van der Waals surface area contributed by atoms with Crippen LogP contribution in [0.5, 0.6) is 0 Å². The van der Waals surface area contributed by atoms with Gasteiger partial charge in [0.15, 0.2) is 0 Å². The predicted octanol–water partition coefficient (Wildman–Crippen LogP) is -0.339. The summed E-state index contributed by atoms with van der Waals surface area (Å²) >= 11 is 0. The number of nitrogens with one attached hydrogen (secondary N) is 1. The summed E-state index contributed by atoms with van der Waals surface area (Å²) in [5.41, 5.74) is 0.172. The maximum atomic E-state index is 9.01. The lowest BCUT2D eigenvalue weighted by atomic mass is 9.98. The summed E-state index contributed by atoms with van der Waals surface area (Å²) in [5, 5.41) is 12.3. The molecule has 1 saturated heterocycles. The quantitative estimate of drug-likeness (QED) is 0.548. The zero-order valence-corrected chi connectivity index (χ0v) is 7.59. The van der Waals surface area contributed by atoms with Gasteiger partial charge in [-0.2, -0.15) is 0 Å². The van der Waals surface area contributed by atoms with E-state index in [9.17, 15) is 0 Å². The van der Waals surface area contributed by atoms with Gasteiger partial charge >= 0.3 is 0 Å². The minimum Gasteiger partial charge on any atom is -0.395 e. The molecule has 3 heteroatoms. The van der Waals surface area contributed by atoms with Crippen molar-refractivity contribution in [3.05, 3.63) is 0 Å². The van der Waals surface area contributed by atoms with E-state index < -0.39 is 0 Å². The van der Waals surface area contributed by atoms with E-state index in [-0.39, 0.29) is 18.2 Å². The first-order valence-corrected chi connectivity index (χ1v) is 4.12. The summed E-state index contributed by atoms with van der Waals surface area (Å²) in [6.45, 7) is 6.51. The largest absolute Gasteiger partial charge is 0.395 e. The maximum Gasteiger partial charge on any atom is 0.0599 e. The summed E-state index contributed by atoms with van der Waals surface area (Å²) in [7, 11) is 2.07. The monoisotopic (exact) mass is 158 g/mol. The standard InChI is InChI=1S/C8H18N2O/c1-8(2)6-9-4-7(5-11)10(8)3/h7,9,11H,4-6H2,1-3H3. The molecule has 0 bridgehead atoms. The lowest BCUT2D eigenvalue weighted by Gasteiger charge is -2.45. The smallest absolute Gasteiger partial charge is 0.0599 e. The molecule has 66 valence electrons. The summed E-state index contributed by atoms with van der Waals surface area (Å²) in [5.74, 6) is 0. The van der Waals surface area contributed by atoms with Gasteiger partial charge < -0.3 is 10.4 Å². The minimum atomic E-state index is 0.172. The molecule has 11 heavy (non-hydrogen) atoms. The maximum absolute atomic E-state index is 9.01. The second-order valence-corrected chi connectivity index (χ2v) is 3.89. The fraction of sp³-hybridized carbons (Fsp3) is 1.00. The summed E-state index contributed by atoms with van der Waals surface area (Å²) in [4.78, 5) is 2.24. The topological polar surface area (TPSA) is 35.5 Å². The van der Waals surface area contributed by atoms with E-state index in [4.69, 9.17) is 5.11 Å². The van der Waals surface area contributed by atoms with Gasteiger partial charge in [0.05, 0.1) is 6.61 Å². The Bertz CT molecular complexity index is 136. The lowest BCUT2D eigenvalue weighted by molar-refractivity contribution is 0.0332. The van der Waals surface area contributed by atoms with Gasteiger partial charge in [0.2, 0.25) is 0 Å². The molecule has 0 aromatic carbocycles. The van der Waals surface area contributed by atoms with Gasteiger partial charge in [0, 0.05) is 24.7 Å². The number of hydrogen-bond acceptors (Lipinski definition) is 3.